The lowest BCUT2D eigenvalue weighted by Crippen LogP contribution is -2.57. The Hall–Kier alpha value is -0.870. The maximum atomic E-state index is 11.6. The molecule has 3 nitrogen and oxygen atoms in total. The molecule has 4 fully saturated rings. The Morgan fingerprint density at radius 3 is 2.10 bits per heavy atom. The summed E-state index contributed by atoms with van der Waals surface area (Å²) in [4.78, 5) is 0.384. The molecule has 1 aromatic carbocycles. The number of aliphatic hydroxyl groups is 1. The Morgan fingerprint density at radius 1 is 1.05 bits per heavy atom. The molecule has 0 aliphatic heterocycles. The molecule has 4 heteroatoms. The van der Waals surface area contributed by atoms with Gasteiger partial charge in [-0.1, -0.05) is 12.1 Å². The van der Waals surface area contributed by atoms with Crippen molar-refractivity contribution in [1.82, 2.24) is 0 Å². The predicted molar refractivity (Wildman–Crippen MR) is 80.9 cm³/mol. The molecule has 0 radical (unpaired) electrons. The zero-order chi connectivity index (χ0) is 14.9. The van der Waals surface area contributed by atoms with Crippen LogP contribution in [0.1, 0.15) is 44.1 Å². The molecule has 4 aliphatic carbocycles. The summed E-state index contributed by atoms with van der Waals surface area (Å²) in [5.41, 5.74) is 0.830. The highest BCUT2D eigenvalue weighted by Gasteiger charge is 2.57. The molecule has 4 aliphatic rings. The van der Waals surface area contributed by atoms with Crippen LogP contribution in [0.4, 0.5) is 0 Å². The number of rotatable bonds is 2. The lowest BCUT2D eigenvalue weighted by molar-refractivity contribution is -0.137. The van der Waals surface area contributed by atoms with Gasteiger partial charge in [-0.25, -0.2) is 8.42 Å². The molecule has 0 spiro atoms. The summed E-state index contributed by atoms with van der Waals surface area (Å²) in [6, 6.07) is 7.42. The topological polar surface area (TPSA) is 54.4 Å². The highest BCUT2D eigenvalue weighted by atomic mass is 32.2. The van der Waals surface area contributed by atoms with E-state index in [0.29, 0.717) is 16.7 Å². The average Bonchev–Trinajstić information content (AvgIpc) is 2.35. The number of sulfone groups is 1. The van der Waals surface area contributed by atoms with Crippen molar-refractivity contribution in [1.29, 1.82) is 0 Å². The molecule has 0 saturated heterocycles. The molecule has 4 bridgehead atoms. The molecule has 2 atom stereocenters. The van der Waals surface area contributed by atoms with Crippen LogP contribution in [-0.2, 0) is 15.3 Å². The van der Waals surface area contributed by atoms with Crippen LogP contribution in [0.5, 0.6) is 0 Å². The summed E-state index contributed by atoms with van der Waals surface area (Å²) in [5.74, 6) is 1.29. The predicted octanol–water partition coefficient (Wildman–Crippen LogP) is 2.67. The minimum atomic E-state index is -3.14. The van der Waals surface area contributed by atoms with Gasteiger partial charge in [-0.15, -0.1) is 0 Å². The van der Waals surface area contributed by atoms with Gasteiger partial charge in [0.15, 0.2) is 9.84 Å². The SMILES string of the molecule is CS(=O)(=O)c1ccc(C23CC4CC(CC(O)(C4)C2)C3)cc1. The smallest absolute Gasteiger partial charge is 0.175 e. The number of benzene rings is 1. The van der Waals surface area contributed by atoms with E-state index in [1.807, 2.05) is 12.1 Å². The van der Waals surface area contributed by atoms with E-state index in [1.165, 1.54) is 18.2 Å². The van der Waals surface area contributed by atoms with Gasteiger partial charge in [-0.05, 0) is 73.5 Å². The molecule has 0 heterocycles. The van der Waals surface area contributed by atoms with Crippen molar-refractivity contribution in [2.24, 2.45) is 11.8 Å². The molecule has 114 valence electrons. The van der Waals surface area contributed by atoms with E-state index < -0.39 is 15.4 Å². The first-order valence-corrected chi connectivity index (χ1v) is 9.70. The van der Waals surface area contributed by atoms with Crippen LogP contribution in [0.3, 0.4) is 0 Å². The van der Waals surface area contributed by atoms with Gasteiger partial charge in [0.2, 0.25) is 0 Å². The monoisotopic (exact) mass is 306 g/mol. The lowest BCUT2D eigenvalue weighted by Gasteiger charge is -2.60. The zero-order valence-electron chi connectivity index (χ0n) is 12.4. The fourth-order valence-corrected chi connectivity index (χ4v) is 6.24. The molecule has 5 rings (SSSR count). The highest BCUT2D eigenvalue weighted by molar-refractivity contribution is 7.90. The minimum Gasteiger partial charge on any atom is -0.390 e. The standard InChI is InChI=1S/C17H22O3S/c1-21(19,20)15-4-2-14(3-5-15)16-7-12-6-13(8-16)10-17(18,9-12)11-16/h2-5,12-13,18H,6-11H2,1H3. The van der Waals surface area contributed by atoms with Crippen LogP contribution in [-0.4, -0.2) is 25.4 Å². The minimum absolute atomic E-state index is 0.0782. The van der Waals surface area contributed by atoms with Crippen LogP contribution in [0.25, 0.3) is 0 Å². The summed E-state index contributed by atoms with van der Waals surface area (Å²) >= 11 is 0. The molecule has 0 aromatic heterocycles. The summed E-state index contributed by atoms with van der Waals surface area (Å²) in [5, 5.41) is 10.8. The molecule has 2 unspecified atom stereocenters. The first-order valence-electron chi connectivity index (χ1n) is 7.81. The molecule has 1 N–H and O–H groups in total. The van der Waals surface area contributed by atoms with Gasteiger partial charge in [-0.2, -0.15) is 0 Å². The Bertz CT molecular complexity index is 660. The van der Waals surface area contributed by atoms with Gasteiger partial charge in [0.05, 0.1) is 10.5 Å². The third-order valence-electron chi connectivity index (χ3n) is 5.93. The van der Waals surface area contributed by atoms with Gasteiger partial charge in [0.1, 0.15) is 0 Å². The molecule has 1 aromatic rings. The molecule has 0 amide bonds. The Kier molecular flexibility index (Phi) is 2.69. The molecule has 4 saturated carbocycles. The van der Waals surface area contributed by atoms with Crippen LogP contribution < -0.4 is 0 Å². The van der Waals surface area contributed by atoms with Gasteiger partial charge < -0.3 is 5.11 Å². The molecular formula is C17H22O3S. The summed E-state index contributed by atoms with van der Waals surface area (Å²) in [6.07, 6.45) is 7.61. The second-order valence-corrected chi connectivity index (χ2v) is 9.78. The maximum absolute atomic E-state index is 11.6. The van der Waals surface area contributed by atoms with E-state index >= 15 is 0 Å². The van der Waals surface area contributed by atoms with Gasteiger partial charge in [0, 0.05) is 6.26 Å². The van der Waals surface area contributed by atoms with Crippen molar-refractivity contribution >= 4 is 9.84 Å². The summed E-state index contributed by atoms with van der Waals surface area (Å²) in [7, 11) is -3.14. The fourth-order valence-electron chi connectivity index (χ4n) is 5.61. The van der Waals surface area contributed by atoms with E-state index in [2.05, 4.69) is 0 Å². The van der Waals surface area contributed by atoms with E-state index in [-0.39, 0.29) is 5.41 Å². The highest BCUT2D eigenvalue weighted by Crippen LogP contribution is 2.62. The third-order valence-corrected chi connectivity index (χ3v) is 7.05. The van der Waals surface area contributed by atoms with Gasteiger partial charge in [0.25, 0.3) is 0 Å². The summed E-state index contributed by atoms with van der Waals surface area (Å²) in [6.45, 7) is 0. The van der Waals surface area contributed by atoms with Crippen LogP contribution >= 0.6 is 0 Å². The third kappa shape index (κ3) is 2.15. The lowest BCUT2D eigenvalue weighted by atomic mass is 9.46. The quantitative estimate of drug-likeness (QED) is 0.914. The van der Waals surface area contributed by atoms with E-state index in [0.717, 1.165) is 32.1 Å². The Labute approximate surface area is 126 Å². The van der Waals surface area contributed by atoms with E-state index in [9.17, 15) is 13.5 Å². The Morgan fingerprint density at radius 2 is 1.62 bits per heavy atom. The van der Waals surface area contributed by atoms with Gasteiger partial charge >= 0.3 is 0 Å². The van der Waals surface area contributed by atoms with Crippen LogP contribution in [0.15, 0.2) is 29.2 Å². The zero-order valence-corrected chi connectivity index (χ0v) is 13.2. The van der Waals surface area contributed by atoms with Crippen LogP contribution in [0, 0.1) is 11.8 Å². The molecule has 21 heavy (non-hydrogen) atoms. The van der Waals surface area contributed by atoms with Crippen molar-refractivity contribution < 1.29 is 13.5 Å². The van der Waals surface area contributed by atoms with Crippen molar-refractivity contribution in [2.45, 2.75) is 54.4 Å². The van der Waals surface area contributed by atoms with Crippen molar-refractivity contribution in [3.8, 4) is 0 Å². The molecular weight excluding hydrogens is 284 g/mol. The Balaban J connectivity index is 1.73. The van der Waals surface area contributed by atoms with E-state index in [1.54, 1.807) is 12.1 Å². The first-order chi connectivity index (χ1) is 9.78. The van der Waals surface area contributed by atoms with Crippen molar-refractivity contribution in [3.63, 3.8) is 0 Å². The van der Waals surface area contributed by atoms with Crippen LogP contribution in [0.2, 0.25) is 0 Å². The van der Waals surface area contributed by atoms with Gasteiger partial charge in [-0.3, -0.25) is 0 Å². The van der Waals surface area contributed by atoms with E-state index in [4.69, 9.17) is 0 Å². The first kappa shape index (κ1) is 13.8. The second kappa shape index (κ2) is 4.11. The summed E-state index contributed by atoms with van der Waals surface area (Å²) < 4.78 is 23.2. The normalized spacial score (nSPS) is 41.4. The fraction of sp³-hybridized carbons (Fsp3) is 0.647. The number of hydrogen-bond acceptors (Lipinski definition) is 3. The van der Waals surface area contributed by atoms with Crippen molar-refractivity contribution in [3.05, 3.63) is 29.8 Å². The maximum Gasteiger partial charge on any atom is 0.175 e. The second-order valence-electron chi connectivity index (χ2n) is 7.76. The van der Waals surface area contributed by atoms with Crippen molar-refractivity contribution in [2.75, 3.05) is 6.26 Å². The largest absolute Gasteiger partial charge is 0.390 e. The number of hydrogen-bond donors (Lipinski definition) is 1. The average molecular weight is 306 g/mol.